The van der Waals surface area contributed by atoms with Crippen LogP contribution in [0.5, 0.6) is 0 Å². The second-order valence-electron chi connectivity index (χ2n) is 4.84. The molecule has 0 amide bonds. The largest absolute Gasteiger partial charge is 0.279 e. The Labute approximate surface area is 130 Å². The molecule has 1 N–H and O–H groups in total. The van der Waals surface area contributed by atoms with Crippen molar-refractivity contribution in [2.24, 2.45) is 0 Å². The highest BCUT2D eigenvalue weighted by molar-refractivity contribution is 7.93. The van der Waals surface area contributed by atoms with Crippen molar-refractivity contribution >= 4 is 26.5 Å². The molecular weight excluding hydrogens is 327 g/mol. The molecule has 0 radical (unpaired) electrons. The molecule has 3 aromatic rings. The topological polar surface area (TPSA) is 46.2 Å². The van der Waals surface area contributed by atoms with Gasteiger partial charge in [-0.15, -0.1) is 0 Å². The highest BCUT2D eigenvalue weighted by atomic mass is 32.2. The summed E-state index contributed by atoms with van der Waals surface area (Å²) in [6.45, 7) is 0. The minimum Gasteiger partial charge on any atom is -0.279 e. The second-order valence-corrected chi connectivity index (χ2v) is 6.49. The third kappa shape index (κ3) is 2.87. The minimum atomic E-state index is -4.09. The average Bonchev–Trinajstić information content (AvgIpc) is 2.51. The van der Waals surface area contributed by atoms with Gasteiger partial charge in [0.25, 0.3) is 10.0 Å². The third-order valence-corrected chi connectivity index (χ3v) is 4.71. The second kappa shape index (κ2) is 5.58. The van der Waals surface area contributed by atoms with Gasteiger partial charge in [0.2, 0.25) is 0 Å². The summed E-state index contributed by atoms with van der Waals surface area (Å²) in [5.74, 6) is -4.60. The lowest BCUT2D eigenvalue weighted by atomic mass is 10.1. The number of nitrogens with one attached hydrogen (secondary N) is 1. The molecular formula is C16H10F3NO2S. The van der Waals surface area contributed by atoms with Gasteiger partial charge in [-0.3, -0.25) is 4.72 Å². The number of hydrogen-bond donors (Lipinski definition) is 1. The Morgan fingerprint density at radius 1 is 0.826 bits per heavy atom. The fraction of sp³-hybridized carbons (Fsp3) is 0. The van der Waals surface area contributed by atoms with Gasteiger partial charge in [-0.2, -0.15) is 0 Å². The first-order valence-electron chi connectivity index (χ1n) is 6.53. The first kappa shape index (κ1) is 15.4. The number of sulfonamides is 1. The van der Waals surface area contributed by atoms with Crippen LogP contribution in [0.4, 0.5) is 18.9 Å². The summed E-state index contributed by atoms with van der Waals surface area (Å²) in [5, 5.41) is 1.16. The van der Waals surface area contributed by atoms with Crippen LogP contribution in [0, 0.1) is 17.5 Å². The molecule has 0 spiro atoms. The van der Waals surface area contributed by atoms with Gasteiger partial charge in [0.1, 0.15) is 0 Å². The van der Waals surface area contributed by atoms with Gasteiger partial charge in [0.05, 0.1) is 10.6 Å². The van der Waals surface area contributed by atoms with E-state index in [-0.39, 0.29) is 4.90 Å². The summed E-state index contributed by atoms with van der Waals surface area (Å²) in [6, 6.07) is 12.6. The molecule has 0 aliphatic carbocycles. The zero-order valence-corrected chi connectivity index (χ0v) is 12.4. The predicted molar refractivity (Wildman–Crippen MR) is 81.1 cm³/mol. The molecule has 0 aliphatic rings. The Balaban J connectivity index is 2.08. The van der Waals surface area contributed by atoms with Crippen LogP contribution in [0.25, 0.3) is 10.8 Å². The van der Waals surface area contributed by atoms with E-state index in [4.69, 9.17) is 0 Å². The number of rotatable bonds is 3. The molecule has 3 aromatic carbocycles. The maximum atomic E-state index is 13.2. The Bertz CT molecular complexity index is 975. The van der Waals surface area contributed by atoms with E-state index in [1.165, 1.54) is 6.07 Å². The summed E-state index contributed by atoms with van der Waals surface area (Å²) in [4.78, 5) is -0.0410. The number of hydrogen-bond acceptors (Lipinski definition) is 2. The zero-order chi connectivity index (χ0) is 16.6. The molecule has 0 heterocycles. The van der Waals surface area contributed by atoms with Gasteiger partial charge in [0.15, 0.2) is 17.5 Å². The molecule has 3 nitrogen and oxygen atoms in total. The lowest BCUT2D eigenvalue weighted by molar-refractivity contribution is 0.448. The molecule has 0 unspecified atom stereocenters. The normalized spacial score (nSPS) is 11.6. The summed E-state index contributed by atoms with van der Waals surface area (Å²) in [7, 11) is -4.09. The molecule has 0 fully saturated rings. The van der Waals surface area contributed by atoms with E-state index in [1.54, 1.807) is 36.4 Å². The fourth-order valence-electron chi connectivity index (χ4n) is 2.25. The molecule has 0 aromatic heterocycles. The molecule has 118 valence electrons. The molecule has 0 bridgehead atoms. The molecule has 0 atom stereocenters. The van der Waals surface area contributed by atoms with E-state index in [1.807, 2.05) is 0 Å². The van der Waals surface area contributed by atoms with Gasteiger partial charge in [-0.1, -0.05) is 36.4 Å². The first-order chi connectivity index (χ1) is 10.9. The lowest BCUT2D eigenvalue weighted by Gasteiger charge is -2.11. The zero-order valence-electron chi connectivity index (χ0n) is 11.6. The van der Waals surface area contributed by atoms with Crippen molar-refractivity contribution in [3.05, 3.63) is 72.0 Å². The maximum Gasteiger partial charge on any atom is 0.262 e. The van der Waals surface area contributed by atoms with Crippen molar-refractivity contribution in [1.29, 1.82) is 0 Å². The van der Waals surface area contributed by atoms with Crippen LogP contribution in [0.15, 0.2) is 59.5 Å². The van der Waals surface area contributed by atoms with Gasteiger partial charge in [-0.25, -0.2) is 21.6 Å². The number of halogens is 3. The van der Waals surface area contributed by atoms with Crippen LogP contribution in [-0.2, 0) is 10.0 Å². The van der Waals surface area contributed by atoms with E-state index in [2.05, 4.69) is 4.72 Å². The van der Waals surface area contributed by atoms with E-state index in [0.29, 0.717) is 22.9 Å². The van der Waals surface area contributed by atoms with Crippen molar-refractivity contribution in [3.8, 4) is 0 Å². The van der Waals surface area contributed by atoms with Crippen LogP contribution in [0.3, 0.4) is 0 Å². The Morgan fingerprint density at radius 3 is 2.13 bits per heavy atom. The molecule has 3 rings (SSSR count). The lowest BCUT2D eigenvalue weighted by Crippen LogP contribution is -2.14. The fourth-order valence-corrected chi connectivity index (χ4v) is 3.53. The highest BCUT2D eigenvalue weighted by Gasteiger charge is 2.19. The third-order valence-electron chi connectivity index (χ3n) is 3.28. The first-order valence-corrected chi connectivity index (χ1v) is 8.02. The van der Waals surface area contributed by atoms with Crippen molar-refractivity contribution in [1.82, 2.24) is 0 Å². The van der Waals surface area contributed by atoms with Crippen LogP contribution >= 0.6 is 0 Å². The van der Waals surface area contributed by atoms with Crippen LogP contribution < -0.4 is 4.72 Å². The summed E-state index contributed by atoms with van der Waals surface area (Å²) in [5.41, 5.74) is -0.394. The minimum absolute atomic E-state index is 0.0410. The van der Waals surface area contributed by atoms with E-state index >= 15 is 0 Å². The summed E-state index contributed by atoms with van der Waals surface area (Å²) >= 11 is 0. The molecule has 7 heteroatoms. The van der Waals surface area contributed by atoms with E-state index in [9.17, 15) is 21.6 Å². The van der Waals surface area contributed by atoms with Gasteiger partial charge < -0.3 is 0 Å². The average molecular weight is 337 g/mol. The van der Waals surface area contributed by atoms with Crippen molar-refractivity contribution in [3.63, 3.8) is 0 Å². The molecule has 23 heavy (non-hydrogen) atoms. The number of fused-ring (bicyclic) bond motifs is 1. The van der Waals surface area contributed by atoms with Gasteiger partial charge >= 0.3 is 0 Å². The number of anilines is 1. The molecule has 0 saturated carbocycles. The highest BCUT2D eigenvalue weighted by Crippen LogP contribution is 2.26. The number of benzene rings is 3. The van der Waals surface area contributed by atoms with Crippen LogP contribution in [0.2, 0.25) is 0 Å². The van der Waals surface area contributed by atoms with Crippen LogP contribution in [-0.4, -0.2) is 8.42 Å². The quantitative estimate of drug-likeness (QED) is 0.733. The molecule has 0 saturated heterocycles. The van der Waals surface area contributed by atoms with Gasteiger partial charge in [-0.05, 0) is 11.5 Å². The monoisotopic (exact) mass is 337 g/mol. The maximum absolute atomic E-state index is 13.2. The standard InChI is InChI=1S/C16H10F3NO2S/c17-13-8-11(9-14(18)16(13)19)20-23(21,22)15-7-3-5-10-4-1-2-6-12(10)15/h1-9,20H. The van der Waals surface area contributed by atoms with Crippen molar-refractivity contribution < 1.29 is 21.6 Å². The van der Waals surface area contributed by atoms with Crippen molar-refractivity contribution in [2.75, 3.05) is 4.72 Å². The Kier molecular flexibility index (Phi) is 3.73. The Hall–Kier alpha value is -2.54. The van der Waals surface area contributed by atoms with Gasteiger partial charge in [0, 0.05) is 17.5 Å². The van der Waals surface area contributed by atoms with Crippen LogP contribution in [0.1, 0.15) is 0 Å². The Morgan fingerprint density at radius 2 is 1.43 bits per heavy atom. The van der Waals surface area contributed by atoms with Crippen molar-refractivity contribution in [2.45, 2.75) is 4.90 Å². The molecule has 0 aliphatic heterocycles. The SMILES string of the molecule is O=S(=O)(Nc1cc(F)c(F)c(F)c1)c1cccc2ccccc12. The smallest absolute Gasteiger partial charge is 0.262 e. The summed E-state index contributed by atoms with van der Waals surface area (Å²) < 4.78 is 66.4. The summed E-state index contributed by atoms with van der Waals surface area (Å²) in [6.07, 6.45) is 0. The van der Waals surface area contributed by atoms with E-state index in [0.717, 1.165) is 0 Å². The predicted octanol–water partition coefficient (Wildman–Crippen LogP) is 4.06. The van der Waals surface area contributed by atoms with E-state index < -0.39 is 33.2 Å².